The van der Waals surface area contributed by atoms with Gasteiger partial charge in [-0.05, 0) is 12.8 Å². The van der Waals surface area contributed by atoms with E-state index in [9.17, 15) is 20.4 Å². The smallest absolute Gasteiger partial charge is 0.186 e. The molecule has 24 heavy (non-hydrogen) atoms. The maximum absolute atomic E-state index is 10.1. The Morgan fingerprint density at radius 1 is 0.833 bits per heavy atom. The van der Waals surface area contributed by atoms with Crippen LogP contribution >= 0.6 is 0 Å². The van der Waals surface area contributed by atoms with Crippen molar-refractivity contribution in [1.82, 2.24) is 0 Å². The summed E-state index contributed by atoms with van der Waals surface area (Å²) in [6.07, 6.45) is 3.73. The lowest BCUT2D eigenvalue weighted by Crippen LogP contribution is -2.59. The molecular formula is C18H36O6. The summed E-state index contributed by atoms with van der Waals surface area (Å²) in [5.41, 5.74) is 0. The van der Waals surface area contributed by atoms with Crippen molar-refractivity contribution in [2.75, 3.05) is 6.61 Å². The van der Waals surface area contributed by atoms with Gasteiger partial charge in [0, 0.05) is 0 Å². The number of aliphatic hydroxyl groups is 4. The van der Waals surface area contributed by atoms with Gasteiger partial charge in [0.2, 0.25) is 0 Å². The zero-order valence-corrected chi connectivity index (χ0v) is 15.1. The second kappa shape index (κ2) is 12.2. The third kappa shape index (κ3) is 6.94. The van der Waals surface area contributed by atoms with Gasteiger partial charge in [-0.2, -0.15) is 0 Å². The first-order valence-corrected chi connectivity index (χ1v) is 9.51. The molecule has 0 aliphatic carbocycles. The molecule has 6 nitrogen and oxygen atoms in total. The van der Waals surface area contributed by atoms with Crippen molar-refractivity contribution < 1.29 is 29.9 Å². The van der Waals surface area contributed by atoms with Gasteiger partial charge in [0.15, 0.2) is 6.29 Å². The number of rotatable bonds is 12. The largest absolute Gasteiger partial charge is 0.394 e. The molecule has 1 aliphatic rings. The summed E-state index contributed by atoms with van der Waals surface area (Å²) >= 11 is 0. The Hall–Kier alpha value is -0.240. The predicted molar refractivity (Wildman–Crippen MR) is 91.5 cm³/mol. The summed E-state index contributed by atoms with van der Waals surface area (Å²) in [5.74, 6) is 0. The quantitative estimate of drug-likeness (QED) is 0.401. The van der Waals surface area contributed by atoms with E-state index in [1.165, 1.54) is 19.3 Å². The molecule has 0 saturated carbocycles. The molecule has 0 unspecified atom stereocenters. The topological polar surface area (TPSA) is 99.4 Å². The van der Waals surface area contributed by atoms with E-state index in [0.29, 0.717) is 0 Å². The molecule has 144 valence electrons. The third-order valence-corrected chi connectivity index (χ3v) is 4.68. The average Bonchev–Trinajstić information content (AvgIpc) is 2.59. The van der Waals surface area contributed by atoms with Crippen LogP contribution in [0.15, 0.2) is 0 Å². The van der Waals surface area contributed by atoms with E-state index in [1.807, 2.05) is 0 Å². The summed E-state index contributed by atoms with van der Waals surface area (Å²) in [5, 5.41) is 39.0. The van der Waals surface area contributed by atoms with Gasteiger partial charge in [-0.1, -0.05) is 58.8 Å². The first-order valence-electron chi connectivity index (χ1n) is 9.51. The minimum absolute atomic E-state index is 0.0481. The SMILES string of the molecule is CCCCCCC[C@@H](CCCC)O[C@@H]1O[C@H](CO)[C@@H](O)[C@H](O)[C@H]1O. The molecule has 0 aromatic rings. The van der Waals surface area contributed by atoms with Crippen LogP contribution in [0.4, 0.5) is 0 Å². The Morgan fingerprint density at radius 3 is 2.08 bits per heavy atom. The van der Waals surface area contributed by atoms with E-state index >= 15 is 0 Å². The number of hydrogen-bond donors (Lipinski definition) is 4. The number of ether oxygens (including phenoxy) is 2. The summed E-state index contributed by atoms with van der Waals surface area (Å²) in [6, 6.07) is 0. The van der Waals surface area contributed by atoms with Crippen LogP contribution in [-0.2, 0) is 9.47 Å². The van der Waals surface area contributed by atoms with Crippen LogP contribution in [-0.4, -0.2) is 63.8 Å². The Kier molecular flexibility index (Phi) is 11.1. The van der Waals surface area contributed by atoms with Gasteiger partial charge < -0.3 is 29.9 Å². The Labute approximate surface area is 145 Å². The van der Waals surface area contributed by atoms with Gasteiger partial charge in [0.25, 0.3) is 0 Å². The van der Waals surface area contributed by atoms with Crippen LogP contribution in [0.3, 0.4) is 0 Å². The van der Waals surface area contributed by atoms with Gasteiger partial charge in [-0.3, -0.25) is 0 Å². The normalized spacial score (nSPS) is 32.0. The molecule has 6 atom stereocenters. The summed E-state index contributed by atoms with van der Waals surface area (Å²) in [4.78, 5) is 0. The van der Waals surface area contributed by atoms with E-state index in [2.05, 4.69) is 13.8 Å². The first kappa shape index (κ1) is 21.8. The van der Waals surface area contributed by atoms with Crippen LogP contribution < -0.4 is 0 Å². The molecule has 1 aliphatic heterocycles. The van der Waals surface area contributed by atoms with Gasteiger partial charge in [0.05, 0.1) is 12.7 Å². The van der Waals surface area contributed by atoms with Crippen molar-refractivity contribution >= 4 is 0 Å². The summed E-state index contributed by atoms with van der Waals surface area (Å²) in [6.45, 7) is 3.87. The maximum Gasteiger partial charge on any atom is 0.186 e. The van der Waals surface area contributed by atoms with Gasteiger partial charge in [-0.25, -0.2) is 0 Å². The van der Waals surface area contributed by atoms with E-state index in [-0.39, 0.29) is 6.10 Å². The fraction of sp³-hybridized carbons (Fsp3) is 1.00. The highest BCUT2D eigenvalue weighted by Gasteiger charge is 2.44. The highest BCUT2D eigenvalue weighted by molar-refractivity contribution is 4.89. The maximum atomic E-state index is 10.1. The Balaban J connectivity index is 2.53. The zero-order valence-electron chi connectivity index (χ0n) is 15.1. The van der Waals surface area contributed by atoms with Crippen molar-refractivity contribution in [3.8, 4) is 0 Å². The van der Waals surface area contributed by atoms with Crippen LogP contribution in [0.25, 0.3) is 0 Å². The lowest BCUT2D eigenvalue weighted by atomic mass is 9.99. The van der Waals surface area contributed by atoms with E-state index in [0.717, 1.165) is 38.5 Å². The molecule has 6 heteroatoms. The predicted octanol–water partition coefficient (Wildman–Crippen LogP) is 1.72. The lowest BCUT2D eigenvalue weighted by molar-refractivity contribution is -0.312. The monoisotopic (exact) mass is 348 g/mol. The molecule has 1 rings (SSSR count). The van der Waals surface area contributed by atoms with Gasteiger partial charge in [-0.15, -0.1) is 0 Å². The van der Waals surface area contributed by atoms with Gasteiger partial charge >= 0.3 is 0 Å². The molecule has 0 aromatic heterocycles. The van der Waals surface area contributed by atoms with Crippen LogP contribution in [0, 0.1) is 0 Å². The highest BCUT2D eigenvalue weighted by atomic mass is 16.7. The van der Waals surface area contributed by atoms with E-state index in [4.69, 9.17) is 9.47 Å². The van der Waals surface area contributed by atoms with Gasteiger partial charge in [0.1, 0.15) is 24.4 Å². The number of hydrogen-bond acceptors (Lipinski definition) is 6. The van der Waals surface area contributed by atoms with Crippen molar-refractivity contribution in [2.45, 2.75) is 108 Å². The first-order chi connectivity index (χ1) is 11.5. The average molecular weight is 348 g/mol. The minimum atomic E-state index is -1.38. The molecule has 0 spiro atoms. The highest BCUT2D eigenvalue weighted by Crippen LogP contribution is 2.25. The number of aliphatic hydroxyl groups excluding tert-OH is 4. The van der Waals surface area contributed by atoms with Crippen LogP contribution in [0.5, 0.6) is 0 Å². The summed E-state index contributed by atoms with van der Waals surface area (Å²) in [7, 11) is 0. The standard InChI is InChI=1S/C18H36O6/c1-3-5-7-8-9-11-13(10-6-4-2)23-18-17(22)16(21)15(20)14(12-19)24-18/h13-22H,3-12H2,1-2H3/t13-,14-,15-,16+,17-,18-/m1/s1. The van der Waals surface area contributed by atoms with E-state index in [1.54, 1.807) is 0 Å². The molecule has 0 amide bonds. The number of unbranched alkanes of at least 4 members (excludes halogenated alkanes) is 5. The minimum Gasteiger partial charge on any atom is -0.394 e. The van der Waals surface area contributed by atoms with Crippen LogP contribution in [0.2, 0.25) is 0 Å². The van der Waals surface area contributed by atoms with Crippen molar-refractivity contribution in [2.24, 2.45) is 0 Å². The second-order valence-corrected chi connectivity index (χ2v) is 6.80. The second-order valence-electron chi connectivity index (χ2n) is 6.80. The lowest BCUT2D eigenvalue weighted by Gasteiger charge is -2.41. The van der Waals surface area contributed by atoms with Crippen LogP contribution in [0.1, 0.15) is 71.6 Å². The van der Waals surface area contributed by atoms with E-state index < -0.39 is 37.3 Å². The molecule has 0 aromatic carbocycles. The fourth-order valence-corrected chi connectivity index (χ4v) is 3.06. The summed E-state index contributed by atoms with van der Waals surface area (Å²) < 4.78 is 11.4. The molecule has 4 N–H and O–H groups in total. The molecular weight excluding hydrogens is 312 g/mol. The zero-order chi connectivity index (χ0) is 17.9. The molecule has 1 heterocycles. The van der Waals surface area contributed by atoms with Crippen molar-refractivity contribution in [3.05, 3.63) is 0 Å². The Bertz CT molecular complexity index is 312. The molecule has 1 saturated heterocycles. The van der Waals surface area contributed by atoms with Crippen molar-refractivity contribution in [3.63, 3.8) is 0 Å². The third-order valence-electron chi connectivity index (χ3n) is 4.68. The molecule has 0 bridgehead atoms. The fourth-order valence-electron chi connectivity index (χ4n) is 3.06. The Morgan fingerprint density at radius 2 is 1.46 bits per heavy atom. The molecule has 0 radical (unpaired) electrons. The van der Waals surface area contributed by atoms with Crippen molar-refractivity contribution in [1.29, 1.82) is 0 Å². The molecule has 1 fully saturated rings.